The number of amides is 1. The maximum atomic E-state index is 12.2. The van der Waals surface area contributed by atoms with E-state index in [4.69, 9.17) is 0 Å². The second-order valence-electron chi connectivity index (χ2n) is 7.67. The van der Waals surface area contributed by atoms with Crippen molar-refractivity contribution >= 4 is 35.8 Å². The van der Waals surface area contributed by atoms with E-state index in [0.717, 1.165) is 31.2 Å². The normalized spacial score (nSPS) is 15.1. The van der Waals surface area contributed by atoms with Crippen LogP contribution in [0.2, 0.25) is 0 Å². The van der Waals surface area contributed by atoms with Crippen LogP contribution in [0.4, 0.5) is 0 Å². The summed E-state index contributed by atoms with van der Waals surface area (Å²) in [6, 6.07) is 18.6. The third kappa shape index (κ3) is 7.81. The molecule has 0 saturated carbocycles. The fraction of sp³-hybridized carbons (Fsp3) is 0.417. The Balaban J connectivity index is 0.00000341. The summed E-state index contributed by atoms with van der Waals surface area (Å²) in [4.78, 5) is 19.1. The Labute approximate surface area is 202 Å². The lowest BCUT2D eigenvalue weighted by Gasteiger charge is -2.29. The molecule has 1 heterocycles. The van der Waals surface area contributed by atoms with Gasteiger partial charge in [-0.25, -0.2) is 0 Å². The van der Waals surface area contributed by atoms with Crippen molar-refractivity contribution < 1.29 is 4.79 Å². The van der Waals surface area contributed by atoms with Crippen LogP contribution in [0.3, 0.4) is 0 Å². The molecule has 0 radical (unpaired) electrons. The maximum absolute atomic E-state index is 12.2. The first-order valence-corrected chi connectivity index (χ1v) is 10.8. The first-order chi connectivity index (χ1) is 14.7. The van der Waals surface area contributed by atoms with Crippen molar-refractivity contribution in [3.63, 3.8) is 0 Å². The van der Waals surface area contributed by atoms with Crippen LogP contribution in [0.5, 0.6) is 0 Å². The van der Waals surface area contributed by atoms with Gasteiger partial charge in [0.2, 0.25) is 0 Å². The molecule has 7 heteroatoms. The molecule has 2 aromatic carbocycles. The number of aryl methyl sites for hydroxylation is 1. The molecule has 1 aliphatic rings. The van der Waals surface area contributed by atoms with Gasteiger partial charge in [0.1, 0.15) is 0 Å². The molecule has 1 aliphatic heterocycles. The van der Waals surface area contributed by atoms with Gasteiger partial charge in [0.05, 0.1) is 6.04 Å². The second kappa shape index (κ2) is 13.3. The lowest BCUT2D eigenvalue weighted by atomic mass is 10.1. The molecule has 0 aliphatic carbocycles. The van der Waals surface area contributed by atoms with Gasteiger partial charge in [-0.2, -0.15) is 0 Å². The predicted octanol–water partition coefficient (Wildman–Crippen LogP) is 3.34. The van der Waals surface area contributed by atoms with Crippen LogP contribution in [-0.4, -0.2) is 56.5 Å². The number of likely N-dealkylation sites (tertiary alicyclic amines) is 1. The van der Waals surface area contributed by atoms with Gasteiger partial charge in [0.25, 0.3) is 5.91 Å². The Kier molecular flexibility index (Phi) is 10.8. The molecule has 168 valence electrons. The van der Waals surface area contributed by atoms with E-state index in [1.54, 1.807) is 7.05 Å². The Morgan fingerprint density at radius 1 is 1.00 bits per heavy atom. The van der Waals surface area contributed by atoms with Gasteiger partial charge in [0, 0.05) is 32.2 Å². The summed E-state index contributed by atoms with van der Waals surface area (Å²) in [6.45, 7) is 6.19. The summed E-state index contributed by atoms with van der Waals surface area (Å²) in [5.74, 6) is 0.696. The number of carbonyl (C=O) groups excluding carboxylic acids is 1. The highest BCUT2D eigenvalue weighted by Crippen LogP contribution is 2.24. The SMILES string of the molecule is CN=C(NCCNC(=O)c1cccc(C)c1)NCC(c1ccccc1)N1CCCC1.I. The fourth-order valence-electron chi connectivity index (χ4n) is 3.85. The minimum absolute atomic E-state index is 0. The lowest BCUT2D eigenvalue weighted by Crippen LogP contribution is -2.44. The summed E-state index contributed by atoms with van der Waals surface area (Å²) >= 11 is 0. The fourth-order valence-corrected chi connectivity index (χ4v) is 3.85. The smallest absolute Gasteiger partial charge is 0.251 e. The third-order valence-electron chi connectivity index (χ3n) is 5.44. The quantitative estimate of drug-likeness (QED) is 0.210. The number of aliphatic imine (C=N–C) groups is 1. The molecule has 1 atom stereocenters. The first-order valence-electron chi connectivity index (χ1n) is 10.8. The van der Waals surface area contributed by atoms with Crippen molar-refractivity contribution in [1.29, 1.82) is 0 Å². The molecule has 0 bridgehead atoms. The summed E-state index contributed by atoms with van der Waals surface area (Å²) in [6.07, 6.45) is 2.52. The number of rotatable bonds is 8. The third-order valence-corrected chi connectivity index (χ3v) is 5.44. The van der Waals surface area contributed by atoms with Crippen LogP contribution < -0.4 is 16.0 Å². The largest absolute Gasteiger partial charge is 0.355 e. The minimum atomic E-state index is -0.0541. The molecule has 1 amide bonds. The molecule has 1 saturated heterocycles. The van der Waals surface area contributed by atoms with Crippen molar-refractivity contribution in [1.82, 2.24) is 20.9 Å². The van der Waals surface area contributed by atoms with Crippen molar-refractivity contribution in [3.8, 4) is 0 Å². The highest BCUT2D eigenvalue weighted by atomic mass is 127. The van der Waals surface area contributed by atoms with Gasteiger partial charge in [-0.1, -0.05) is 48.0 Å². The number of hydrogen-bond donors (Lipinski definition) is 3. The number of carbonyl (C=O) groups is 1. The Morgan fingerprint density at radius 2 is 1.71 bits per heavy atom. The van der Waals surface area contributed by atoms with E-state index in [1.807, 2.05) is 31.2 Å². The Bertz CT molecular complexity index is 837. The molecule has 3 rings (SSSR count). The number of nitrogens with zero attached hydrogens (tertiary/aromatic N) is 2. The van der Waals surface area contributed by atoms with Crippen molar-refractivity contribution in [3.05, 3.63) is 71.3 Å². The number of nitrogens with one attached hydrogen (secondary N) is 3. The number of hydrogen-bond acceptors (Lipinski definition) is 3. The van der Waals surface area contributed by atoms with Crippen molar-refractivity contribution in [2.24, 2.45) is 4.99 Å². The molecule has 1 unspecified atom stereocenters. The van der Waals surface area contributed by atoms with E-state index in [0.29, 0.717) is 24.7 Å². The van der Waals surface area contributed by atoms with Crippen LogP contribution in [0, 0.1) is 6.92 Å². The maximum Gasteiger partial charge on any atom is 0.251 e. The van der Waals surface area contributed by atoms with E-state index in [2.05, 4.69) is 56.2 Å². The van der Waals surface area contributed by atoms with E-state index in [9.17, 15) is 4.79 Å². The van der Waals surface area contributed by atoms with Crippen LogP contribution in [0.1, 0.15) is 40.4 Å². The molecule has 2 aromatic rings. The second-order valence-corrected chi connectivity index (χ2v) is 7.67. The average molecular weight is 535 g/mol. The first kappa shape index (κ1) is 25.1. The number of benzene rings is 2. The zero-order chi connectivity index (χ0) is 21.2. The van der Waals surface area contributed by atoms with Gasteiger partial charge in [-0.3, -0.25) is 14.7 Å². The molecule has 0 aromatic heterocycles. The average Bonchev–Trinajstić information content (AvgIpc) is 3.30. The van der Waals surface area contributed by atoms with E-state index >= 15 is 0 Å². The molecule has 0 spiro atoms. The van der Waals surface area contributed by atoms with Crippen LogP contribution in [0.25, 0.3) is 0 Å². The Hall–Kier alpha value is -2.13. The number of guanidine groups is 1. The van der Waals surface area contributed by atoms with Gasteiger partial charge in [-0.05, 0) is 50.6 Å². The molecular formula is C24H34IN5O. The van der Waals surface area contributed by atoms with Crippen molar-refractivity contribution in [2.75, 3.05) is 39.8 Å². The zero-order valence-electron chi connectivity index (χ0n) is 18.4. The highest BCUT2D eigenvalue weighted by Gasteiger charge is 2.23. The van der Waals surface area contributed by atoms with E-state index in [-0.39, 0.29) is 29.9 Å². The molecule has 31 heavy (non-hydrogen) atoms. The molecule has 6 nitrogen and oxygen atoms in total. The highest BCUT2D eigenvalue weighted by molar-refractivity contribution is 14.0. The van der Waals surface area contributed by atoms with Crippen molar-refractivity contribution in [2.45, 2.75) is 25.8 Å². The monoisotopic (exact) mass is 535 g/mol. The van der Waals surface area contributed by atoms with E-state index < -0.39 is 0 Å². The zero-order valence-corrected chi connectivity index (χ0v) is 20.8. The molecular weight excluding hydrogens is 501 g/mol. The summed E-state index contributed by atoms with van der Waals surface area (Å²) < 4.78 is 0. The lowest BCUT2D eigenvalue weighted by molar-refractivity contribution is 0.0954. The van der Waals surface area contributed by atoms with Gasteiger partial charge in [-0.15, -0.1) is 24.0 Å². The summed E-state index contributed by atoms with van der Waals surface area (Å²) in [5, 5.41) is 9.70. The Morgan fingerprint density at radius 3 is 2.39 bits per heavy atom. The van der Waals surface area contributed by atoms with Gasteiger partial charge >= 0.3 is 0 Å². The molecule has 3 N–H and O–H groups in total. The number of halogens is 1. The minimum Gasteiger partial charge on any atom is -0.355 e. The van der Waals surface area contributed by atoms with Crippen LogP contribution >= 0.6 is 24.0 Å². The summed E-state index contributed by atoms with van der Waals surface area (Å²) in [5.41, 5.74) is 3.10. The van der Waals surface area contributed by atoms with Gasteiger partial charge < -0.3 is 16.0 Å². The topological polar surface area (TPSA) is 68.8 Å². The van der Waals surface area contributed by atoms with Gasteiger partial charge in [0.15, 0.2) is 5.96 Å². The van der Waals surface area contributed by atoms with E-state index in [1.165, 1.54) is 18.4 Å². The predicted molar refractivity (Wildman–Crippen MR) is 138 cm³/mol. The van der Waals surface area contributed by atoms with Crippen LogP contribution in [-0.2, 0) is 0 Å². The van der Waals surface area contributed by atoms with Crippen LogP contribution in [0.15, 0.2) is 59.6 Å². The summed E-state index contributed by atoms with van der Waals surface area (Å²) in [7, 11) is 1.77. The molecule has 1 fully saturated rings. The standard InChI is InChI=1S/C24H33N5O.HI/c1-19-9-8-12-21(17-19)23(30)26-13-14-27-24(25-2)28-18-22(29-15-6-7-16-29)20-10-4-3-5-11-20;/h3-5,8-12,17,22H,6-7,13-16,18H2,1-2H3,(H,26,30)(H2,25,27,28);1H.